The molecule has 4 rings (SSSR count). The number of carbonyl (C=O) groups is 2. The van der Waals surface area contributed by atoms with Crippen molar-refractivity contribution in [2.75, 3.05) is 5.32 Å². The number of nitro benzene ring substituents is 1. The average Bonchev–Trinajstić information content (AvgIpc) is 3.22. The third kappa shape index (κ3) is 5.48. The number of nitro groups is 1. The van der Waals surface area contributed by atoms with E-state index in [1.807, 2.05) is 10.6 Å². The van der Waals surface area contributed by atoms with Crippen LogP contribution >= 0.6 is 0 Å². The Balaban J connectivity index is 1.68. The van der Waals surface area contributed by atoms with Crippen molar-refractivity contribution in [3.05, 3.63) is 69.5 Å². The summed E-state index contributed by atoms with van der Waals surface area (Å²) in [5.41, 5.74) is 1.81. The minimum Gasteiger partial charge on any atom is -0.481 e. The maximum atomic E-state index is 13.4. The highest BCUT2D eigenvalue weighted by Crippen LogP contribution is 2.30. The fourth-order valence-corrected chi connectivity index (χ4v) is 4.77. The molecule has 10 heteroatoms. The lowest BCUT2D eigenvalue weighted by atomic mass is 9.95. The van der Waals surface area contributed by atoms with Gasteiger partial charge in [0.25, 0.3) is 11.6 Å². The summed E-state index contributed by atoms with van der Waals surface area (Å²) in [4.78, 5) is 40.4. The summed E-state index contributed by atoms with van der Waals surface area (Å²) in [5.74, 6) is -0.631. The predicted octanol–water partition coefficient (Wildman–Crippen LogP) is 5.06. The summed E-state index contributed by atoms with van der Waals surface area (Å²) in [6.07, 6.45) is 7.23. The summed E-state index contributed by atoms with van der Waals surface area (Å²) in [5, 5.41) is 27.0. The van der Waals surface area contributed by atoms with Crippen molar-refractivity contribution in [2.45, 2.75) is 70.4 Å². The van der Waals surface area contributed by atoms with Crippen LogP contribution in [0.4, 0.5) is 11.5 Å². The molecule has 1 saturated carbocycles. The molecule has 1 aromatic carbocycles. The van der Waals surface area contributed by atoms with Gasteiger partial charge in [-0.2, -0.15) is 0 Å². The molecule has 2 aromatic heterocycles. The molecule has 1 fully saturated rings. The topological polar surface area (TPSA) is 139 Å². The molecule has 3 N–H and O–H groups in total. The zero-order chi connectivity index (χ0) is 25.8. The standard InChI is InChI=1S/C26H31N5O5/c1-16(2)23-25(27-18-9-4-3-5-10-18)30-13-7-12-20(24(30)29-23)26(34)28-21(15-22(32)33)17-8-6-11-19(14-17)31(35)36/h6-8,11-14,16,18,21,27H,3-5,9-10,15H2,1-2H3,(H,28,34)(H,32,33). The lowest BCUT2D eigenvalue weighted by molar-refractivity contribution is -0.384. The molecular formula is C26H31N5O5. The first-order valence-electron chi connectivity index (χ1n) is 12.3. The van der Waals surface area contributed by atoms with Crippen LogP contribution in [0.15, 0.2) is 42.6 Å². The number of amides is 1. The van der Waals surface area contributed by atoms with E-state index >= 15 is 0 Å². The van der Waals surface area contributed by atoms with Crippen molar-refractivity contribution in [3.8, 4) is 0 Å². The van der Waals surface area contributed by atoms with Crippen molar-refractivity contribution >= 4 is 29.0 Å². The molecule has 0 spiro atoms. The molecule has 0 radical (unpaired) electrons. The smallest absolute Gasteiger partial charge is 0.305 e. The number of benzene rings is 1. The van der Waals surface area contributed by atoms with Crippen LogP contribution in [0.2, 0.25) is 0 Å². The Morgan fingerprint density at radius 1 is 1.19 bits per heavy atom. The van der Waals surface area contributed by atoms with Crippen molar-refractivity contribution in [1.29, 1.82) is 0 Å². The van der Waals surface area contributed by atoms with Gasteiger partial charge < -0.3 is 15.7 Å². The van der Waals surface area contributed by atoms with Crippen LogP contribution in [0.1, 0.15) is 85.9 Å². The molecule has 3 aromatic rings. The van der Waals surface area contributed by atoms with E-state index < -0.39 is 29.3 Å². The van der Waals surface area contributed by atoms with Gasteiger partial charge in [-0.25, -0.2) is 4.98 Å². The van der Waals surface area contributed by atoms with E-state index in [0.29, 0.717) is 22.8 Å². The van der Waals surface area contributed by atoms with E-state index in [9.17, 15) is 24.8 Å². The summed E-state index contributed by atoms with van der Waals surface area (Å²) >= 11 is 0. The van der Waals surface area contributed by atoms with Gasteiger partial charge >= 0.3 is 5.97 Å². The molecule has 0 aliphatic heterocycles. The number of imidazole rings is 1. The SMILES string of the molecule is CC(C)c1nc2c(C(=O)NC(CC(=O)O)c3cccc([N+](=O)[O-])c3)cccn2c1NC1CCCCC1. The molecule has 190 valence electrons. The van der Waals surface area contributed by atoms with E-state index in [-0.39, 0.29) is 11.6 Å². The average molecular weight is 494 g/mol. The van der Waals surface area contributed by atoms with E-state index in [1.54, 1.807) is 18.2 Å². The molecule has 36 heavy (non-hydrogen) atoms. The number of anilines is 1. The molecule has 1 aliphatic carbocycles. The van der Waals surface area contributed by atoms with E-state index in [1.165, 1.54) is 37.5 Å². The normalized spacial score (nSPS) is 15.1. The number of nitrogens with zero attached hydrogens (tertiary/aromatic N) is 3. The maximum Gasteiger partial charge on any atom is 0.305 e. The molecule has 1 unspecified atom stereocenters. The highest BCUT2D eigenvalue weighted by Gasteiger charge is 2.25. The van der Waals surface area contributed by atoms with Gasteiger partial charge in [-0.15, -0.1) is 0 Å². The van der Waals surface area contributed by atoms with E-state index in [0.717, 1.165) is 24.4 Å². The van der Waals surface area contributed by atoms with Gasteiger partial charge in [0, 0.05) is 24.4 Å². The lowest BCUT2D eigenvalue weighted by Gasteiger charge is -2.24. The number of aromatic nitrogens is 2. The van der Waals surface area contributed by atoms with Gasteiger partial charge in [0.2, 0.25) is 0 Å². The largest absolute Gasteiger partial charge is 0.481 e. The lowest BCUT2D eigenvalue weighted by Crippen LogP contribution is -2.30. The van der Waals surface area contributed by atoms with Gasteiger partial charge in [-0.3, -0.25) is 24.1 Å². The number of fused-ring (bicyclic) bond motifs is 1. The third-order valence-corrected chi connectivity index (χ3v) is 6.58. The van der Waals surface area contributed by atoms with Crippen molar-refractivity contribution in [3.63, 3.8) is 0 Å². The molecule has 0 saturated heterocycles. The monoisotopic (exact) mass is 493 g/mol. The second-order valence-electron chi connectivity index (χ2n) is 9.57. The van der Waals surface area contributed by atoms with E-state index in [4.69, 9.17) is 4.98 Å². The Kier molecular flexibility index (Phi) is 7.52. The zero-order valence-corrected chi connectivity index (χ0v) is 20.4. The number of aliphatic carboxylic acids is 1. The highest BCUT2D eigenvalue weighted by atomic mass is 16.6. The molecule has 1 amide bonds. The predicted molar refractivity (Wildman–Crippen MR) is 135 cm³/mol. The Bertz CT molecular complexity index is 1280. The van der Waals surface area contributed by atoms with Crippen LogP contribution in [0.25, 0.3) is 5.65 Å². The molecule has 0 bridgehead atoms. The Hall–Kier alpha value is -3.95. The Morgan fingerprint density at radius 2 is 1.94 bits per heavy atom. The molecule has 2 heterocycles. The maximum absolute atomic E-state index is 13.4. The second kappa shape index (κ2) is 10.8. The van der Waals surface area contributed by atoms with Gasteiger partial charge in [0.1, 0.15) is 5.82 Å². The van der Waals surface area contributed by atoms with E-state index in [2.05, 4.69) is 24.5 Å². The van der Waals surface area contributed by atoms with Gasteiger partial charge in [-0.1, -0.05) is 45.2 Å². The molecule has 10 nitrogen and oxygen atoms in total. The van der Waals surface area contributed by atoms with Crippen LogP contribution < -0.4 is 10.6 Å². The minimum absolute atomic E-state index is 0.122. The van der Waals surface area contributed by atoms with Crippen LogP contribution in [-0.2, 0) is 4.79 Å². The van der Waals surface area contributed by atoms with Crippen LogP contribution in [0.3, 0.4) is 0 Å². The van der Waals surface area contributed by atoms with Gasteiger partial charge in [-0.05, 0) is 36.5 Å². The summed E-state index contributed by atoms with van der Waals surface area (Å²) in [6, 6.07) is 8.46. The summed E-state index contributed by atoms with van der Waals surface area (Å²) < 4.78 is 1.89. The zero-order valence-electron chi connectivity index (χ0n) is 20.4. The first kappa shape index (κ1) is 25.2. The van der Waals surface area contributed by atoms with Crippen molar-refractivity contribution in [2.24, 2.45) is 0 Å². The number of pyridine rings is 1. The van der Waals surface area contributed by atoms with Crippen molar-refractivity contribution in [1.82, 2.24) is 14.7 Å². The van der Waals surface area contributed by atoms with Crippen LogP contribution in [0, 0.1) is 10.1 Å². The highest BCUT2D eigenvalue weighted by molar-refractivity contribution is 6.00. The first-order chi connectivity index (χ1) is 17.2. The fourth-order valence-electron chi connectivity index (χ4n) is 4.77. The minimum atomic E-state index is -1.13. The third-order valence-electron chi connectivity index (χ3n) is 6.58. The van der Waals surface area contributed by atoms with Gasteiger partial charge in [0.05, 0.1) is 28.6 Å². The number of carboxylic acid groups (broad SMARTS) is 1. The number of nitrogens with one attached hydrogen (secondary N) is 2. The summed E-state index contributed by atoms with van der Waals surface area (Å²) in [7, 11) is 0. The molecular weight excluding hydrogens is 462 g/mol. The first-order valence-corrected chi connectivity index (χ1v) is 12.3. The fraction of sp³-hybridized carbons (Fsp3) is 0.423. The van der Waals surface area contributed by atoms with Gasteiger partial charge in [0.15, 0.2) is 5.65 Å². The van der Waals surface area contributed by atoms with Crippen molar-refractivity contribution < 1.29 is 19.6 Å². The Labute approximate surface area is 208 Å². The van der Waals surface area contributed by atoms with Crippen LogP contribution in [0.5, 0.6) is 0 Å². The number of rotatable bonds is 9. The molecule has 1 atom stereocenters. The number of hydrogen-bond acceptors (Lipinski definition) is 6. The van der Waals surface area contributed by atoms with Crippen LogP contribution in [-0.4, -0.2) is 37.3 Å². The number of carboxylic acids is 1. The Morgan fingerprint density at radius 3 is 2.61 bits per heavy atom. The summed E-state index contributed by atoms with van der Waals surface area (Å²) in [6.45, 7) is 4.11. The number of hydrogen-bond donors (Lipinski definition) is 3. The second-order valence-corrected chi connectivity index (χ2v) is 9.57. The number of carbonyl (C=O) groups excluding carboxylic acids is 1. The quantitative estimate of drug-likeness (QED) is 0.280. The number of non-ortho nitro benzene ring substituents is 1. The molecule has 1 aliphatic rings.